The number of hydrogen-bond acceptors (Lipinski definition) is 6. The van der Waals surface area contributed by atoms with Gasteiger partial charge >= 0.3 is 6.03 Å². The number of nitrogens with one attached hydrogen (secondary N) is 2. The fourth-order valence-corrected chi connectivity index (χ4v) is 4.16. The van der Waals surface area contributed by atoms with Gasteiger partial charge in [-0.1, -0.05) is 11.6 Å². The van der Waals surface area contributed by atoms with Gasteiger partial charge in [0.15, 0.2) is 10.8 Å². The van der Waals surface area contributed by atoms with E-state index in [-0.39, 0.29) is 41.1 Å². The van der Waals surface area contributed by atoms with Gasteiger partial charge in [0, 0.05) is 18.3 Å². The summed E-state index contributed by atoms with van der Waals surface area (Å²) in [7, 11) is 0. The Kier molecular flexibility index (Phi) is 5.11. The molecular formula is C20H19ClF2N6O3. The van der Waals surface area contributed by atoms with E-state index in [1.807, 2.05) is 0 Å². The molecule has 32 heavy (non-hydrogen) atoms. The molecule has 1 aliphatic heterocycles. The number of amides is 2. The number of hydrogen-bond donors (Lipinski definition) is 4. The van der Waals surface area contributed by atoms with Gasteiger partial charge in [0.25, 0.3) is 0 Å². The molecule has 0 spiro atoms. The Morgan fingerprint density at radius 3 is 2.75 bits per heavy atom. The zero-order chi connectivity index (χ0) is 22.6. The first-order chi connectivity index (χ1) is 15.3. The van der Waals surface area contributed by atoms with Crippen LogP contribution >= 0.6 is 11.6 Å². The molecule has 5 rings (SSSR count). The number of anilines is 2. The van der Waals surface area contributed by atoms with E-state index < -0.39 is 35.9 Å². The van der Waals surface area contributed by atoms with Crippen LogP contribution in [0.3, 0.4) is 0 Å². The average Bonchev–Trinajstić information content (AvgIpc) is 3.15. The first kappa shape index (κ1) is 20.9. The van der Waals surface area contributed by atoms with Gasteiger partial charge in [-0.3, -0.25) is 0 Å². The molecule has 1 saturated heterocycles. The van der Waals surface area contributed by atoms with E-state index in [0.717, 1.165) is 18.2 Å². The van der Waals surface area contributed by atoms with Crippen LogP contribution in [0, 0.1) is 11.6 Å². The van der Waals surface area contributed by atoms with Gasteiger partial charge in [-0.15, -0.1) is 0 Å². The van der Waals surface area contributed by atoms with Crippen molar-refractivity contribution in [3.63, 3.8) is 0 Å². The van der Waals surface area contributed by atoms with Gasteiger partial charge in [-0.2, -0.15) is 5.10 Å². The summed E-state index contributed by atoms with van der Waals surface area (Å²) in [6, 6.07) is 3.31. The third-order valence-corrected chi connectivity index (χ3v) is 5.89. The summed E-state index contributed by atoms with van der Waals surface area (Å²) in [5, 5.41) is 29.0. The van der Waals surface area contributed by atoms with Crippen molar-refractivity contribution in [1.29, 1.82) is 0 Å². The lowest BCUT2D eigenvalue weighted by Gasteiger charge is -2.26. The number of fused-ring (bicyclic) bond motifs is 1. The summed E-state index contributed by atoms with van der Waals surface area (Å²) < 4.78 is 29.6. The zero-order valence-electron chi connectivity index (χ0n) is 16.5. The lowest BCUT2D eigenvalue weighted by Crippen LogP contribution is -2.32. The zero-order valence-corrected chi connectivity index (χ0v) is 17.3. The van der Waals surface area contributed by atoms with E-state index in [4.69, 9.17) is 11.6 Å². The second-order valence-electron chi connectivity index (χ2n) is 7.95. The third kappa shape index (κ3) is 3.83. The minimum Gasteiger partial charge on any atom is -0.391 e. The number of β-amino-alcohol motifs (C(OH)–C–C–N with tert-alkyl or cyclic N) is 1. The number of urea groups is 1. The predicted octanol–water partition coefficient (Wildman–Crippen LogP) is 2.23. The SMILES string of the molecule is O=C(Nc1c(Cl)nn2ccc(N3C[C@H](O)C[C@@H]3c3cc(F)ccc3F)nc12)N[C@@H]1C[C@H]1O. The number of halogens is 3. The molecule has 1 aliphatic carbocycles. The van der Waals surface area contributed by atoms with Crippen molar-refractivity contribution in [3.8, 4) is 0 Å². The molecule has 9 nitrogen and oxygen atoms in total. The summed E-state index contributed by atoms with van der Waals surface area (Å²) in [6.07, 6.45) is 0.924. The van der Waals surface area contributed by atoms with Crippen molar-refractivity contribution in [2.24, 2.45) is 0 Å². The van der Waals surface area contributed by atoms with Crippen molar-refractivity contribution in [3.05, 3.63) is 52.8 Å². The molecule has 1 saturated carbocycles. The largest absolute Gasteiger partial charge is 0.391 e. The first-order valence-electron chi connectivity index (χ1n) is 10.0. The lowest BCUT2D eigenvalue weighted by molar-refractivity contribution is 0.194. The van der Waals surface area contributed by atoms with E-state index in [9.17, 15) is 23.8 Å². The van der Waals surface area contributed by atoms with Crippen LogP contribution in [0.5, 0.6) is 0 Å². The summed E-state index contributed by atoms with van der Waals surface area (Å²) in [5.74, 6) is -0.780. The molecule has 12 heteroatoms. The van der Waals surface area contributed by atoms with Crippen molar-refractivity contribution in [2.45, 2.75) is 37.1 Å². The highest BCUT2D eigenvalue weighted by atomic mass is 35.5. The Balaban J connectivity index is 1.48. The molecule has 2 amide bonds. The second-order valence-corrected chi connectivity index (χ2v) is 8.31. The maximum atomic E-state index is 14.4. The van der Waals surface area contributed by atoms with Gasteiger partial charge in [0.1, 0.15) is 23.1 Å². The minimum atomic E-state index is -0.762. The van der Waals surface area contributed by atoms with E-state index >= 15 is 0 Å². The Morgan fingerprint density at radius 2 is 2.00 bits per heavy atom. The molecule has 0 unspecified atom stereocenters. The number of aromatic nitrogens is 3. The van der Waals surface area contributed by atoms with Gasteiger partial charge in [-0.25, -0.2) is 23.1 Å². The molecule has 2 fully saturated rings. The summed E-state index contributed by atoms with van der Waals surface area (Å²) in [4.78, 5) is 18.4. The molecule has 3 heterocycles. The number of aliphatic hydroxyl groups is 2. The maximum absolute atomic E-state index is 14.4. The highest BCUT2D eigenvalue weighted by molar-refractivity contribution is 6.33. The summed E-state index contributed by atoms with van der Waals surface area (Å²) in [6.45, 7) is 0.161. The predicted molar refractivity (Wildman–Crippen MR) is 112 cm³/mol. The fourth-order valence-electron chi connectivity index (χ4n) is 3.95. The monoisotopic (exact) mass is 464 g/mol. The van der Waals surface area contributed by atoms with Crippen LogP contribution in [-0.2, 0) is 0 Å². The smallest absolute Gasteiger partial charge is 0.319 e. The van der Waals surface area contributed by atoms with Crippen LogP contribution in [0.15, 0.2) is 30.5 Å². The van der Waals surface area contributed by atoms with Gasteiger partial charge < -0.3 is 25.7 Å². The molecule has 0 bridgehead atoms. The molecule has 4 N–H and O–H groups in total. The Morgan fingerprint density at radius 1 is 1.22 bits per heavy atom. The number of carbonyl (C=O) groups excluding carboxylic acids is 1. The second kappa shape index (κ2) is 7.84. The average molecular weight is 465 g/mol. The van der Waals surface area contributed by atoms with Crippen LogP contribution in [0.1, 0.15) is 24.4 Å². The highest BCUT2D eigenvalue weighted by Crippen LogP contribution is 2.38. The van der Waals surface area contributed by atoms with Crippen LogP contribution < -0.4 is 15.5 Å². The van der Waals surface area contributed by atoms with Gasteiger partial charge in [0.05, 0.1) is 24.3 Å². The third-order valence-electron chi connectivity index (χ3n) is 5.63. The standard InChI is InChI=1S/C20H19ClF2N6O3/c21-18-17(26-20(32)24-13-7-15(13)31)19-25-16(3-4-29(19)27-18)28-8-10(30)6-14(28)11-5-9(22)1-2-12(11)23/h1-5,10,13-15,30-31H,6-8H2,(H2,24,26,32)/t10-,13-,14-,15-/m1/s1. The maximum Gasteiger partial charge on any atom is 0.319 e. The van der Waals surface area contributed by atoms with Crippen molar-refractivity contribution >= 4 is 34.8 Å². The number of aliphatic hydroxyl groups excluding tert-OH is 2. The van der Waals surface area contributed by atoms with Crippen molar-refractivity contribution < 1.29 is 23.8 Å². The number of rotatable bonds is 4. The van der Waals surface area contributed by atoms with Gasteiger partial charge in [0.2, 0.25) is 0 Å². The molecule has 1 aromatic carbocycles. The van der Waals surface area contributed by atoms with Crippen LogP contribution in [0.4, 0.5) is 25.1 Å². The molecule has 2 aliphatic rings. The topological polar surface area (TPSA) is 115 Å². The number of nitrogens with zero attached hydrogens (tertiary/aromatic N) is 4. The van der Waals surface area contributed by atoms with Crippen molar-refractivity contribution in [1.82, 2.24) is 19.9 Å². The summed E-state index contributed by atoms with van der Waals surface area (Å²) >= 11 is 6.18. The van der Waals surface area contributed by atoms with Crippen LogP contribution in [0.2, 0.25) is 5.15 Å². The van der Waals surface area contributed by atoms with Crippen molar-refractivity contribution in [2.75, 3.05) is 16.8 Å². The normalized spacial score (nSPS) is 24.7. The molecule has 3 aromatic rings. The lowest BCUT2D eigenvalue weighted by atomic mass is 10.0. The Hall–Kier alpha value is -3.02. The molecule has 168 valence electrons. The highest BCUT2D eigenvalue weighted by Gasteiger charge is 2.37. The Bertz CT molecular complexity index is 1210. The number of benzene rings is 1. The number of carbonyl (C=O) groups is 1. The first-order valence-corrected chi connectivity index (χ1v) is 10.4. The van der Waals surface area contributed by atoms with E-state index in [1.54, 1.807) is 17.2 Å². The molecule has 0 radical (unpaired) electrons. The molecular weight excluding hydrogens is 446 g/mol. The van der Waals surface area contributed by atoms with E-state index in [1.165, 1.54) is 4.52 Å². The van der Waals surface area contributed by atoms with E-state index in [0.29, 0.717) is 12.2 Å². The molecule has 2 aromatic heterocycles. The Labute approximate surface area is 185 Å². The van der Waals surface area contributed by atoms with Crippen LogP contribution in [0.25, 0.3) is 5.65 Å². The minimum absolute atomic E-state index is 0.00956. The van der Waals surface area contributed by atoms with Gasteiger partial charge in [-0.05, 0) is 37.1 Å². The molecule has 4 atom stereocenters. The van der Waals surface area contributed by atoms with E-state index in [2.05, 4.69) is 20.7 Å². The summed E-state index contributed by atoms with van der Waals surface area (Å²) in [5.41, 5.74) is 0.517. The fraction of sp³-hybridized carbons (Fsp3) is 0.350. The quantitative estimate of drug-likeness (QED) is 0.471. The van der Waals surface area contributed by atoms with Crippen LogP contribution in [-0.4, -0.2) is 55.6 Å².